The van der Waals surface area contributed by atoms with Gasteiger partial charge in [0.2, 0.25) is 0 Å². The zero-order valence-electron chi connectivity index (χ0n) is 18.5. The molecule has 164 valence electrons. The van der Waals surface area contributed by atoms with Crippen LogP contribution in [0.1, 0.15) is 6.92 Å². The number of piperazine rings is 1. The van der Waals surface area contributed by atoms with E-state index in [4.69, 9.17) is 10.7 Å². The van der Waals surface area contributed by atoms with E-state index in [2.05, 4.69) is 49.7 Å². The Morgan fingerprint density at radius 1 is 0.969 bits per heavy atom. The van der Waals surface area contributed by atoms with Gasteiger partial charge in [-0.2, -0.15) is 0 Å². The summed E-state index contributed by atoms with van der Waals surface area (Å²) in [6.45, 7) is 7.90. The largest absolute Gasteiger partial charge is 0.369 e. The number of fused-ring (bicyclic) bond motifs is 2. The third kappa shape index (κ3) is 3.36. The van der Waals surface area contributed by atoms with Crippen LogP contribution in [0.3, 0.4) is 0 Å². The number of nitrogen functional groups attached to an aromatic ring is 1. The Kier molecular flexibility index (Phi) is 4.51. The minimum Gasteiger partial charge on any atom is -0.369 e. The quantitative estimate of drug-likeness (QED) is 0.518. The summed E-state index contributed by atoms with van der Waals surface area (Å²) < 4.78 is 0. The van der Waals surface area contributed by atoms with Crippen LogP contribution in [0.5, 0.6) is 0 Å². The number of likely N-dealkylation sites (N-methyl/N-ethyl adjacent to an activating group) is 1. The van der Waals surface area contributed by atoms with Crippen molar-refractivity contribution in [2.75, 3.05) is 50.4 Å². The van der Waals surface area contributed by atoms with Gasteiger partial charge in [0.05, 0.1) is 39.6 Å². The average Bonchev–Trinajstić information content (AvgIpc) is 3.14. The van der Waals surface area contributed by atoms with Crippen molar-refractivity contribution < 1.29 is 0 Å². The number of pyridine rings is 2. The summed E-state index contributed by atoms with van der Waals surface area (Å²) in [4.78, 5) is 24.5. The molecule has 0 unspecified atom stereocenters. The van der Waals surface area contributed by atoms with Gasteiger partial charge in [0, 0.05) is 50.4 Å². The van der Waals surface area contributed by atoms with Crippen molar-refractivity contribution >= 4 is 33.7 Å². The second-order valence-electron chi connectivity index (χ2n) is 9.17. The van der Waals surface area contributed by atoms with Gasteiger partial charge < -0.3 is 20.5 Å². The maximum atomic E-state index is 5.79. The lowest BCUT2D eigenvalue weighted by atomic mass is 10.0. The molecular formula is C24H28N8. The number of hydrogen-bond acceptors (Lipinski definition) is 7. The van der Waals surface area contributed by atoms with Crippen molar-refractivity contribution in [3.63, 3.8) is 0 Å². The van der Waals surface area contributed by atoms with Crippen LogP contribution in [0, 0.1) is 0 Å². The van der Waals surface area contributed by atoms with Gasteiger partial charge in [-0.05, 0) is 44.3 Å². The van der Waals surface area contributed by atoms with E-state index in [0.29, 0.717) is 18.0 Å². The van der Waals surface area contributed by atoms with Crippen LogP contribution < -0.4 is 10.6 Å². The maximum Gasteiger partial charge on any atom is 0.198 e. The van der Waals surface area contributed by atoms with E-state index in [-0.39, 0.29) is 0 Å². The fourth-order valence-corrected chi connectivity index (χ4v) is 4.82. The average molecular weight is 429 g/mol. The molecule has 2 saturated heterocycles. The minimum atomic E-state index is 0.427. The number of anilines is 2. The Morgan fingerprint density at radius 2 is 1.81 bits per heavy atom. The molecule has 3 N–H and O–H groups in total. The molecule has 0 radical (unpaired) electrons. The van der Waals surface area contributed by atoms with Gasteiger partial charge >= 0.3 is 0 Å². The van der Waals surface area contributed by atoms with Crippen LogP contribution in [0.4, 0.5) is 11.6 Å². The number of nitrogens with zero attached hydrogens (tertiary/aromatic N) is 6. The molecule has 6 rings (SSSR count). The highest BCUT2D eigenvalue weighted by atomic mass is 15.4. The van der Waals surface area contributed by atoms with Crippen LogP contribution in [0.25, 0.3) is 33.3 Å². The highest BCUT2D eigenvalue weighted by molar-refractivity contribution is 5.85. The summed E-state index contributed by atoms with van der Waals surface area (Å²) in [6, 6.07) is 13.5. The normalized spacial score (nSPS) is 20.8. The summed E-state index contributed by atoms with van der Waals surface area (Å²) in [6.07, 6.45) is 1.98. The van der Waals surface area contributed by atoms with E-state index in [1.54, 1.807) is 0 Å². The smallest absolute Gasteiger partial charge is 0.198 e. The lowest BCUT2D eigenvalue weighted by molar-refractivity contribution is 0.0612. The van der Waals surface area contributed by atoms with Crippen LogP contribution in [-0.4, -0.2) is 81.6 Å². The van der Waals surface area contributed by atoms with Crippen molar-refractivity contribution in [1.82, 2.24) is 29.7 Å². The number of aromatic nitrogens is 4. The third-order valence-electron chi connectivity index (χ3n) is 7.05. The van der Waals surface area contributed by atoms with E-state index in [1.807, 2.05) is 36.5 Å². The van der Waals surface area contributed by atoms with Crippen molar-refractivity contribution in [1.29, 1.82) is 0 Å². The highest BCUT2D eigenvalue weighted by Gasteiger charge is 2.35. The number of rotatable bonds is 3. The standard InChI is InChI=1S/C24H28N8/c1-15-12-31(8-7-30(15)2)18-13-32(14-18)17-10-23-20(26-11-17)6-5-19(27-23)16-3-4-21-22(9-16)29-24(25)28-21/h3-6,9-11,15,18H,7-8,12-14H2,1-2H3,(H3,25,28,29)/t15-/m1/s1. The molecule has 5 heterocycles. The molecule has 4 aromatic rings. The molecule has 2 aliphatic rings. The van der Waals surface area contributed by atoms with Crippen LogP contribution in [0.2, 0.25) is 0 Å². The second-order valence-corrected chi connectivity index (χ2v) is 9.17. The van der Waals surface area contributed by atoms with E-state index < -0.39 is 0 Å². The summed E-state index contributed by atoms with van der Waals surface area (Å²) in [5, 5.41) is 0. The molecule has 0 spiro atoms. The maximum absolute atomic E-state index is 5.79. The van der Waals surface area contributed by atoms with E-state index >= 15 is 0 Å². The van der Waals surface area contributed by atoms with Crippen molar-refractivity contribution in [3.05, 3.63) is 42.6 Å². The topological polar surface area (TPSA) is 90.2 Å². The first-order valence-corrected chi connectivity index (χ1v) is 11.3. The number of hydrogen-bond donors (Lipinski definition) is 2. The molecule has 0 bridgehead atoms. The van der Waals surface area contributed by atoms with Gasteiger partial charge in [0.15, 0.2) is 5.95 Å². The first kappa shape index (κ1) is 19.5. The molecule has 2 aliphatic heterocycles. The molecule has 8 nitrogen and oxygen atoms in total. The fraction of sp³-hybridized carbons (Fsp3) is 0.375. The summed E-state index contributed by atoms with van der Waals surface area (Å²) >= 11 is 0. The highest BCUT2D eigenvalue weighted by Crippen LogP contribution is 2.29. The van der Waals surface area contributed by atoms with Gasteiger partial charge in [0.25, 0.3) is 0 Å². The minimum absolute atomic E-state index is 0.427. The van der Waals surface area contributed by atoms with Gasteiger partial charge in [-0.15, -0.1) is 0 Å². The first-order valence-electron chi connectivity index (χ1n) is 11.3. The van der Waals surface area contributed by atoms with Gasteiger partial charge in [-0.3, -0.25) is 9.88 Å². The zero-order chi connectivity index (χ0) is 21.8. The summed E-state index contributed by atoms with van der Waals surface area (Å²) in [5.74, 6) is 0.427. The number of aromatic amines is 1. The number of imidazole rings is 1. The molecule has 1 aromatic carbocycles. The lowest BCUT2D eigenvalue weighted by Crippen LogP contribution is -2.64. The van der Waals surface area contributed by atoms with E-state index in [1.165, 1.54) is 0 Å². The Labute approximate surface area is 187 Å². The van der Waals surface area contributed by atoms with Crippen molar-refractivity contribution in [2.24, 2.45) is 0 Å². The van der Waals surface area contributed by atoms with Crippen LogP contribution in [-0.2, 0) is 0 Å². The molecule has 0 amide bonds. The zero-order valence-corrected chi connectivity index (χ0v) is 18.5. The Balaban J connectivity index is 1.22. The Morgan fingerprint density at radius 3 is 2.66 bits per heavy atom. The lowest BCUT2D eigenvalue weighted by Gasteiger charge is -2.50. The van der Waals surface area contributed by atoms with Gasteiger partial charge in [-0.25, -0.2) is 9.97 Å². The fourth-order valence-electron chi connectivity index (χ4n) is 4.82. The Hall–Kier alpha value is -3.23. The van der Waals surface area contributed by atoms with Crippen molar-refractivity contribution in [2.45, 2.75) is 19.0 Å². The SMILES string of the molecule is C[C@@H]1CN(C2CN(c3cnc4ccc(-c5ccc6nc(N)[nH]c6c5)nc4c3)C2)CCN1C. The van der Waals surface area contributed by atoms with Gasteiger partial charge in [-0.1, -0.05) is 6.07 Å². The predicted molar refractivity (Wildman–Crippen MR) is 129 cm³/mol. The van der Waals surface area contributed by atoms with Crippen LogP contribution in [0.15, 0.2) is 42.6 Å². The Bertz CT molecular complexity index is 1290. The molecule has 32 heavy (non-hydrogen) atoms. The van der Waals surface area contributed by atoms with E-state index in [9.17, 15) is 0 Å². The number of nitrogens with two attached hydrogens (primary N) is 1. The summed E-state index contributed by atoms with van der Waals surface area (Å²) in [7, 11) is 2.22. The molecule has 1 atom stereocenters. The number of H-pyrrole nitrogens is 1. The van der Waals surface area contributed by atoms with Crippen molar-refractivity contribution in [3.8, 4) is 11.3 Å². The molecule has 0 saturated carbocycles. The molecule has 2 fully saturated rings. The van der Waals surface area contributed by atoms with Crippen LogP contribution >= 0.6 is 0 Å². The molecule has 0 aliphatic carbocycles. The molecule has 8 heteroatoms. The monoisotopic (exact) mass is 428 g/mol. The second kappa shape index (κ2) is 7.43. The third-order valence-corrected chi connectivity index (χ3v) is 7.05. The number of nitrogens with one attached hydrogen (secondary N) is 1. The van der Waals surface area contributed by atoms with E-state index in [0.717, 1.165) is 71.7 Å². The summed E-state index contributed by atoms with van der Waals surface area (Å²) in [5.41, 5.74) is 12.5. The first-order chi connectivity index (χ1) is 15.5. The molecular weight excluding hydrogens is 400 g/mol. The predicted octanol–water partition coefficient (Wildman–Crippen LogP) is 2.58. The number of benzene rings is 1. The van der Waals surface area contributed by atoms with Gasteiger partial charge in [0.1, 0.15) is 0 Å². The molecule has 3 aromatic heterocycles.